The molecule has 0 aliphatic carbocycles. The van der Waals surface area contributed by atoms with Crippen LogP contribution in [0.5, 0.6) is 0 Å². The Labute approximate surface area is 193 Å². The molecule has 3 aromatic rings. The molecule has 11 heteroatoms. The lowest BCUT2D eigenvalue weighted by molar-refractivity contribution is -0.0837. The molecular weight excluding hydrogens is 446 g/mol. The molecule has 4 heterocycles. The molecule has 2 fully saturated rings. The van der Waals surface area contributed by atoms with Crippen LogP contribution in [0.1, 0.15) is 21.7 Å². The van der Waals surface area contributed by atoms with Gasteiger partial charge in [0.1, 0.15) is 16.9 Å². The minimum absolute atomic E-state index is 0.01000. The number of fused-ring (bicyclic) bond motifs is 1. The monoisotopic (exact) mass is 470 g/mol. The standard InChI is InChI=1S/C23H24F2N6O3/c1-13-21(32)29-19-15(27-13)4-3-14(18(19)24)9-30-7-8-31(23(10-30)11-34-12-23)17-6-5-16(22(33)26-2)28-20(17)25/h3-6H,7-12H2,1-2H3,(H,26,33)(H,29,32). The van der Waals surface area contributed by atoms with Crippen molar-refractivity contribution in [2.75, 3.05) is 44.8 Å². The molecule has 0 saturated carbocycles. The lowest BCUT2D eigenvalue weighted by atomic mass is 9.90. The number of benzene rings is 1. The van der Waals surface area contributed by atoms with Crippen LogP contribution in [0.15, 0.2) is 29.1 Å². The molecule has 2 saturated heterocycles. The van der Waals surface area contributed by atoms with Gasteiger partial charge in [-0.15, -0.1) is 0 Å². The van der Waals surface area contributed by atoms with E-state index < -0.39 is 28.8 Å². The van der Waals surface area contributed by atoms with E-state index >= 15 is 4.39 Å². The fourth-order valence-corrected chi connectivity index (χ4v) is 4.66. The van der Waals surface area contributed by atoms with Crippen molar-refractivity contribution in [3.63, 3.8) is 0 Å². The number of H-pyrrole nitrogens is 1. The number of aryl methyl sites for hydroxylation is 1. The van der Waals surface area contributed by atoms with Gasteiger partial charge in [-0.05, 0) is 25.1 Å². The fraction of sp³-hybridized carbons (Fsp3) is 0.391. The SMILES string of the molecule is CNC(=O)c1ccc(N2CCN(Cc3ccc4nc(C)c(=O)[nH]c4c3F)CC23COC3)c(F)n1. The number of aromatic nitrogens is 3. The summed E-state index contributed by atoms with van der Waals surface area (Å²) in [7, 11) is 1.46. The molecule has 0 radical (unpaired) electrons. The van der Waals surface area contributed by atoms with Gasteiger partial charge in [-0.3, -0.25) is 14.5 Å². The number of rotatable bonds is 4. The van der Waals surface area contributed by atoms with Gasteiger partial charge in [0, 0.05) is 38.8 Å². The number of halogens is 2. The third kappa shape index (κ3) is 3.70. The van der Waals surface area contributed by atoms with Gasteiger partial charge in [-0.2, -0.15) is 4.39 Å². The number of nitrogens with one attached hydrogen (secondary N) is 2. The number of nitrogens with zero attached hydrogens (tertiary/aromatic N) is 4. The number of carbonyl (C=O) groups excluding carboxylic acids is 1. The normalized spacial score (nSPS) is 17.7. The van der Waals surface area contributed by atoms with Crippen molar-refractivity contribution < 1.29 is 18.3 Å². The summed E-state index contributed by atoms with van der Waals surface area (Å²) in [5, 5.41) is 2.43. The number of pyridine rings is 1. The van der Waals surface area contributed by atoms with E-state index in [9.17, 15) is 14.0 Å². The second-order valence-electron chi connectivity index (χ2n) is 8.75. The van der Waals surface area contributed by atoms with E-state index in [4.69, 9.17) is 4.74 Å². The van der Waals surface area contributed by atoms with Crippen molar-refractivity contribution in [3.8, 4) is 0 Å². The van der Waals surface area contributed by atoms with Crippen molar-refractivity contribution in [2.45, 2.75) is 19.0 Å². The number of amides is 1. The van der Waals surface area contributed by atoms with E-state index in [0.717, 1.165) is 0 Å². The van der Waals surface area contributed by atoms with Crippen molar-refractivity contribution in [1.29, 1.82) is 0 Å². The zero-order valence-corrected chi connectivity index (χ0v) is 18.8. The first-order valence-corrected chi connectivity index (χ1v) is 11.0. The average molecular weight is 470 g/mol. The summed E-state index contributed by atoms with van der Waals surface area (Å²) in [6.45, 7) is 4.27. The Balaban J connectivity index is 1.38. The average Bonchev–Trinajstić information content (AvgIpc) is 2.81. The van der Waals surface area contributed by atoms with Crippen LogP contribution in [-0.4, -0.2) is 71.2 Å². The van der Waals surface area contributed by atoms with E-state index in [1.54, 1.807) is 25.1 Å². The summed E-state index contributed by atoms with van der Waals surface area (Å²) in [6.07, 6.45) is 0. The predicted molar refractivity (Wildman–Crippen MR) is 121 cm³/mol. The van der Waals surface area contributed by atoms with Crippen LogP contribution in [-0.2, 0) is 11.3 Å². The largest absolute Gasteiger partial charge is 0.376 e. The van der Waals surface area contributed by atoms with Crippen molar-refractivity contribution in [2.24, 2.45) is 0 Å². The van der Waals surface area contributed by atoms with Crippen LogP contribution in [0.25, 0.3) is 11.0 Å². The number of aromatic amines is 1. The quantitative estimate of drug-likeness (QED) is 0.555. The molecule has 0 unspecified atom stereocenters. The summed E-state index contributed by atoms with van der Waals surface area (Å²) >= 11 is 0. The summed E-state index contributed by atoms with van der Waals surface area (Å²) in [4.78, 5) is 38.3. The van der Waals surface area contributed by atoms with Crippen LogP contribution in [0.2, 0.25) is 0 Å². The number of ether oxygens (including phenoxy) is 1. The molecule has 34 heavy (non-hydrogen) atoms. The van der Waals surface area contributed by atoms with Crippen LogP contribution in [0.4, 0.5) is 14.5 Å². The van der Waals surface area contributed by atoms with E-state index in [-0.39, 0.29) is 16.9 Å². The summed E-state index contributed by atoms with van der Waals surface area (Å²) in [6, 6.07) is 6.44. The van der Waals surface area contributed by atoms with Gasteiger partial charge in [0.2, 0.25) is 5.95 Å². The highest BCUT2D eigenvalue weighted by Gasteiger charge is 2.48. The zero-order chi connectivity index (χ0) is 24.0. The van der Waals surface area contributed by atoms with Gasteiger partial charge in [-0.25, -0.2) is 14.4 Å². The van der Waals surface area contributed by atoms with Crippen LogP contribution >= 0.6 is 0 Å². The van der Waals surface area contributed by atoms with Gasteiger partial charge < -0.3 is 19.9 Å². The van der Waals surface area contributed by atoms with Gasteiger partial charge in [-0.1, -0.05) is 6.07 Å². The Kier molecular flexibility index (Phi) is 5.53. The predicted octanol–water partition coefficient (Wildman–Crippen LogP) is 1.36. The molecule has 2 aromatic heterocycles. The topological polar surface area (TPSA) is 103 Å². The molecular formula is C23H24F2N6O3. The Bertz CT molecular complexity index is 1340. The maximum Gasteiger partial charge on any atom is 0.269 e. The minimum atomic E-state index is -0.715. The summed E-state index contributed by atoms with van der Waals surface area (Å²) < 4.78 is 35.6. The molecule has 1 amide bonds. The molecule has 2 aliphatic rings. The maximum absolute atomic E-state index is 15.2. The van der Waals surface area contributed by atoms with Gasteiger partial charge in [0.25, 0.3) is 11.5 Å². The third-order valence-electron chi connectivity index (χ3n) is 6.50. The molecule has 2 N–H and O–H groups in total. The van der Waals surface area contributed by atoms with Crippen molar-refractivity contribution in [3.05, 3.63) is 63.3 Å². The molecule has 2 aliphatic heterocycles. The fourth-order valence-electron chi connectivity index (χ4n) is 4.66. The smallest absolute Gasteiger partial charge is 0.269 e. The number of hydrogen-bond acceptors (Lipinski definition) is 7. The molecule has 1 spiro atoms. The Hall–Kier alpha value is -3.44. The molecule has 9 nitrogen and oxygen atoms in total. The lowest BCUT2D eigenvalue weighted by Crippen LogP contribution is -2.72. The Morgan fingerprint density at radius 2 is 2.00 bits per heavy atom. The highest BCUT2D eigenvalue weighted by Crippen LogP contribution is 2.35. The number of carbonyl (C=O) groups is 1. The first-order chi connectivity index (χ1) is 16.3. The zero-order valence-electron chi connectivity index (χ0n) is 18.8. The van der Waals surface area contributed by atoms with Crippen LogP contribution < -0.4 is 15.8 Å². The van der Waals surface area contributed by atoms with Gasteiger partial charge in [0.05, 0.1) is 30.0 Å². The van der Waals surface area contributed by atoms with E-state index in [2.05, 4.69) is 25.2 Å². The first-order valence-electron chi connectivity index (χ1n) is 11.0. The van der Waals surface area contributed by atoms with E-state index in [1.165, 1.54) is 13.1 Å². The Morgan fingerprint density at radius 3 is 2.68 bits per heavy atom. The van der Waals surface area contributed by atoms with Crippen LogP contribution in [0, 0.1) is 18.7 Å². The Morgan fingerprint density at radius 1 is 1.21 bits per heavy atom. The van der Waals surface area contributed by atoms with Crippen molar-refractivity contribution >= 4 is 22.6 Å². The first kappa shape index (κ1) is 22.4. The lowest BCUT2D eigenvalue weighted by Gasteiger charge is -2.56. The molecule has 1 aromatic carbocycles. The highest BCUT2D eigenvalue weighted by atomic mass is 19.1. The molecule has 178 valence electrons. The van der Waals surface area contributed by atoms with Gasteiger partial charge in [0.15, 0.2) is 5.82 Å². The van der Waals surface area contributed by atoms with Crippen LogP contribution in [0.3, 0.4) is 0 Å². The number of hydrogen-bond donors (Lipinski definition) is 2. The summed E-state index contributed by atoms with van der Waals surface area (Å²) in [5.74, 6) is -1.67. The second-order valence-corrected chi connectivity index (χ2v) is 8.75. The van der Waals surface area contributed by atoms with E-state index in [0.29, 0.717) is 56.2 Å². The molecule has 5 rings (SSSR count). The minimum Gasteiger partial charge on any atom is -0.376 e. The third-order valence-corrected chi connectivity index (χ3v) is 6.50. The number of anilines is 1. The second kappa shape index (κ2) is 8.41. The van der Waals surface area contributed by atoms with E-state index in [1.807, 2.05) is 4.90 Å². The maximum atomic E-state index is 15.2. The van der Waals surface area contributed by atoms with Crippen molar-refractivity contribution in [1.82, 2.24) is 25.2 Å². The summed E-state index contributed by atoms with van der Waals surface area (Å²) in [5.41, 5.74) is 0.652. The highest BCUT2D eigenvalue weighted by molar-refractivity contribution is 5.92. The molecule has 0 atom stereocenters. The van der Waals surface area contributed by atoms with Gasteiger partial charge >= 0.3 is 0 Å². The number of piperazine rings is 1. The molecule has 0 bridgehead atoms.